The fourth-order valence-electron chi connectivity index (χ4n) is 2.41. The lowest BCUT2D eigenvalue weighted by Gasteiger charge is -2.12. The molecule has 0 saturated carbocycles. The van der Waals surface area contributed by atoms with E-state index in [9.17, 15) is 4.79 Å². The molecule has 1 aromatic rings. The van der Waals surface area contributed by atoms with Crippen LogP contribution in [0.15, 0.2) is 18.2 Å². The van der Waals surface area contributed by atoms with Gasteiger partial charge in [-0.2, -0.15) is 0 Å². The van der Waals surface area contributed by atoms with E-state index in [4.69, 9.17) is 14.2 Å². The highest BCUT2D eigenvalue weighted by Gasteiger charge is 2.15. The highest BCUT2D eigenvalue weighted by molar-refractivity contribution is 5.85. The first-order valence-electron chi connectivity index (χ1n) is 7.53. The fourth-order valence-corrected chi connectivity index (χ4v) is 2.41. The number of hydrogen-bond acceptors (Lipinski definition) is 5. The summed E-state index contributed by atoms with van der Waals surface area (Å²) in [4.78, 5) is 11.8. The highest BCUT2D eigenvalue weighted by Crippen LogP contribution is 2.27. The molecule has 0 aliphatic carbocycles. The number of amides is 1. The first-order valence-corrected chi connectivity index (χ1v) is 7.53. The number of methoxy groups -OCH3 is 2. The third-order valence-electron chi connectivity index (χ3n) is 3.62. The predicted octanol–water partition coefficient (Wildman–Crippen LogP) is 1.51. The van der Waals surface area contributed by atoms with Gasteiger partial charge in [-0.15, -0.1) is 12.4 Å². The number of rotatable bonds is 8. The van der Waals surface area contributed by atoms with Gasteiger partial charge in [0.2, 0.25) is 5.91 Å². The van der Waals surface area contributed by atoms with Crippen molar-refractivity contribution in [3.8, 4) is 11.5 Å². The van der Waals surface area contributed by atoms with Crippen LogP contribution in [0.2, 0.25) is 0 Å². The molecular formula is C16H25ClN2O4. The summed E-state index contributed by atoms with van der Waals surface area (Å²) >= 11 is 0. The molecule has 1 saturated heterocycles. The van der Waals surface area contributed by atoms with Crippen LogP contribution in [0.25, 0.3) is 0 Å². The topological polar surface area (TPSA) is 68.8 Å². The van der Waals surface area contributed by atoms with Crippen LogP contribution in [0.3, 0.4) is 0 Å². The van der Waals surface area contributed by atoms with Gasteiger partial charge in [0.25, 0.3) is 0 Å². The van der Waals surface area contributed by atoms with Gasteiger partial charge in [-0.3, -0.25) is 4.79 Å². The van der Waals surface area contributed by atoms with Crippen molar-refractivity contribution in [1.29, 1.82) is 0 Å². The van der Waals surface area contributed by atoms with Gasteiger partial charge in [-0.25, -0.2) is 0 Å². The minimum atomic E-state index is -0.0345. The fraction of sp³-hybridized carbons (Fsp3) is 0.562. The molecule has 2 rings (SSSR count). The summed E-state index contributed by atoms with van der Waals surface area (Å²) in [7, 11) is 3.19. The van der Waals surface area contributed by atoms with Crippen LogP contribution in [0.1, 0.15) is 18.4 Å². The van der Waals surface area contributed by atoms with Crippen molar-refractivity contribution in [2.45, 2.75) is 25.5 Å². The standard InChI is InChI=1S/C16H24N2O4.ClH/c1-20-14-6-5-12(8-15(14)21-2)9-18-16(19)11-17-10-13-4-3-7-22-13;/h5-6,8,13,17H,3-4,7,9-11H2,1-2H3,(H,18,19);1H. The van der Waals surface area contributed by atoms with Crippen LogP contribution in [0.5, 0.6) is 11.5 Å². The average molecular weight is 345 g/mol. The van der Waals surface area contributed by atoms with Crippen LogP contribution in [-0.2, 0) is 16.1 Å². The van der Waals surface area contributed by atoms with E-state index >= 15 is 0 Å². The van der Waals surface area contributed by atoms with Crippen LogP contribution < -0.4 is 20.1 Å². The maximum absolute atomic E-state index is 11.8. The van der Waals surface area contributed by atoms with Crippen molar-refractivity contribution in [3.05, 3.63) is 23.8 Å². The van der Waals surface area contributed by atoms with Crippen LogP contribution in [-0.4, -0.2) is 45.9 Å². The van der Waals surface area contributed by atoms with Gasteiger partial charge in [-0.05, 0) is 30.5 Å². The minimum absolute atomic E-state index is 0. The van der Waals surface area contributed by atoms with Gasteiger partial charge in [0, 0.05) is 19.7 Å². The van der Waals surface area contributed by atoms with Crippen molar-refractivity contribution in [2.24, 2.45) is 0 Å². The van der Waals surface area contributed by atoms with Gasteiger partial charge in [0.1, 0.15) is 0 Å². The Labute approximate surface area is 143 Å². The Balaban J connectivity index is 0.00000264. The molecule has 1 aliphatic rings. The summed E-state index contributed by atoms with van der Waals surface area (Å²) in [5.41, 5.74) is 0.963. The second kappa shape index (κ2) is 10.3. The lowest BCUT2D eigenvalue weighted by atomic mass is 10.2. The zero-order chi connectivity index (χ0) is 15.8. The van der Waals surface area contributed by atoms with Gasteiger partial charge < -0.3 is 24.8 Å². The van der Waals surface area contributed by atoms with Crippen molar-refractivity contribution in [1.82, 2.24) is 10.6 Å². The first kappa shape index (κ1) is 19.5. The average Bonchev–Trinajstić information content (AvgIpc) is 3.06. The van der Waals surface area contributed by atoms with Crippen molar-refractivity contribution < 1.29 is 19.0 Å². The maximum atomic E-state index is 11.8. The first-order chi connectivity index (χ1) is 10.7. The third kappa shape index (κ3) is 6.25. The van der Waals surface area contributed by atoms with Crippen molar-refractivity contribution >= 4 is 18.3 Å². The molecule has 6 nitrogen and oxygen atoms in total. The molecule has 1 amide bonds. The molecule has 1 fully saturated rings. The molecule has 130 valence electrons. The molecule has 0 bridgehead atoms. The molecule has 0 aromatic heterocycles. The summed E-state index contributed by atoms with van der Waals surface area (Å²) in [6.45, 7) is 2.32. The molecule has 1 aromatic carbocycles. The lowest BCUT2D eigenvalue weighted by Crippen LogP contribution is -2.36. The summed E-state index contributed by atoms with van der Waals surface area (Å²) in [6, 6.07) is 5.59. The number of nitrogens with one attached hydrogen (secondary N) is 2. The molecular weight excluding hydrogens is 320 g/mol. The van der Waals surface area contributed by atoms with E-state index in [-0.39, 0.29) is 24.4 Å². The van der Waals surface area contributed by atoms with Gasteiger partial charge in [-0.1, -0.05) is 6.07 Å². The maximum Gasteiger partial charge on any atom is 0.234 e. The van der Waals surface area contributed by atoms with Crippen LogP contribution in [0.4, 0.5) is 0 Å². The molecule has 7 heteroatoms. The third-order valence-corrected chi connectivity index (χ3v) is 3.62. The predicted molar refractivity (Wildman–Crippen MR) is 90.5 cm³/mol. The summed E-state index contributed by atoms with van der Waals surface area (Å²) in [5.74, 6) is 1.30. The van der Waals surface area contributed by atoms with E-state index in [0.29, 0.717) is 24.6 Å². The monoisotopic (exact) mass is 344 g/mol. The van der Waals surface area contributed by atoms with Gasteiger partial charge in [0.15, 0.2) is 11.5 Å². The van der Waals surface area contributed by atoms with E-state index in [1.807, 2.05) is 18.2 Å². The number of halogens is 1. The van der Waals surface area contributed by atoms with Gasteiger partial charge >= 0.3 is 0 Å². The summed E-state index contributed by atoms with van der Waals surface area (Å²) in [6.07, 6.45) is 2.43. The Morgan fingerprint density at radius 3 is 2.74 bits per heavy atom. The Kier molecular flexibility index (Phi) is 8.76. The Hall–Kier alpha value is -1.50. The number of carbonyl (C=O) groups is 1. The highest BCUT2D eigenvalue weighted by atomic mass is 35.5. The van der Waals surface area contributed by atoms with E-state index in [1.165, 1.54) is 0 Å². The normalized spacial score (nSPS) is 16.5. The zero-order valence-electron chi connectivity index (χ0n) is 13.6. The molecule has 1 atom stereocenters. The largest absolute Gasteiger partial charge is 0.493 e. The number of carbonyl (C=O) groups excluding carboxylic acids is 1. The molecule has 1 heterocycles. The number of hydrogen-bond donors (Lipinski definition) is 2. The Morgan fingerprint density at radius 1 is 1.30 bits per heavy atom. The van der Waals surface area contributed by atoms with Crippen LogP contribution in [0, 0.1) is 0 Å². The molecule has 0 radical (unpaired) electrons. The molecule has 1 unspecified atom stereocenters. The van der Waals surface area contributed by atoms with Crippen molar-refractivity contribution in [2.75, 3.05) is 33.9 Å². The number of benzene rings is 1. The number of ether oxygens (including phenoxy) is 3. The van der Waals surface area contributed by atoms with Crippen molar-refractivity contribution in [3.63, 3.8) is 0 Å². The molecule has 0 spiro atoms. The molecule has 2 N–H and O–H groups in total. The summed E-state index contributed by atoms with van der Waals surface area (Å²) in [5, 5.41) is 6.00. The second-order valence-corrected chi connectivity index (χ2v) is 5.23. The molecule has 23 heavy (non-hydrogen) atoms. The second-order valence-electron chi connectivity index (χ2n) is 5.23. The molecule has 1 aliphatic heterocycles. The van der Waals surface area contributed by atoms with E-state index < -0.39 is 0 Å². The van der Waals surface area contributed by atoms with Gasteiger partial charge in [0.05, 0.1) is 26.9 Å². The van der Waals surface area contributed by atoms with E-state index in [0.717, 1.165) is 31.6 Å². The Bertz CT molecular complexity index is 493. The van der Waals surface area contributed by atoms with E-state index in [2.05, 4.69) is 10.6 Å². The smallest absolute Gasteiger partial charge is 0.234 e. The lowest BCUT2D eigenvalue weighted by molar-refractivity contribution is -0.120. The Morgan fingerprint density at radius 2 is 2.09 bits per heavy atom. The quantitative estimate of drug-likeness (QED) is 0.748. The van der Waals surface area contributed by atoms with E-state index in [1.54, 1.807) is 14.2 Å². The summed E-state index contributed by atoms with van der Waals surface area (Å²) < 4.78 is 15.9. The van der Waals surface area contributed by atoms with Crippen LogP contribution >= 0.6 is 12.4 Å². The SMILES string of the molecule is COc1ccc(CNC(=O)CNCC2CCCO2)cc1OC.Cl. The minimum Gasteiger partial charge on any atom is -0.493 e. The zero-order valence-corrected chi connectivity index (χ0v) is 14.4.